The Labute approximate surface area is 155 Å². The average Bonchev–Trinajstić information content (AvgIpc) is 3.07. The maximum Gasteiger partial charge on any atom is 0.255 e. The van der Waals surface area contributed by atoms with Crippen LogP contribution in [0.25, 0.3) is 5.69 Å². The van der Waals surface area contributed by atoms with Gasteiger partial charge in [0, 0.05) is 24.7 Å². The van der Waals surface area contributed by atoms with E-state index in [1.165, 1.54) is 11.1 Å². The molecule has 1 amide bonds. The first-order valence-electron chi connectivity index (χ1n) is 9.18. The molecule has 3 rings (SSSR count). The Balaban J connectivity index is 1.85. The number of amides is 1. The summed E-state index contributed by atoms with van der Waals surface area (Å²) in [6.07, 6.45) is 4.98. The Morgan fingerprint density at radius 1 is 1.27 bits per heavy atom. The lowest BCUT2D eigenvalue weighted by Gasteiger charge is -2.18. The Morgan fingerprint density at radius 3 is 2.62 bits per heavy atom. The van der Waals surface area contributed by atoms with E-state index in [1.807, 2.05) is 18.3 Å². The van der Waals surface area contributed by atoms with Crippen molar-refractivity contribution in [3.63, 3.8) is 0 Å². The molecular formula is C21H28N4O. The number of hydrogen-bond donors (Lipinski definition) is 2. The summed E-state index contributed by atoms with van der Waals surface area (Å²) < 4.78 is 1.80. The minimum atomic E-state index is -0.212. The lowest BCUT2D eigenvalue weighted by molar-refractivity contribution is 0.0954. The molecule has 1 aliphatic heterocycles. The van der Waals surface area contributed by atoms with E-state index in [4.69, 9.17) is 5.10 Å². The molecule has 1 aromatic carbocycles. The second-order valence-corrected chi connectivity index (χ2v) is 7.92. The zero-order valence-electron chi connectivity index (χ0n) is 16.1. The van der Waals surface area contributed by atoms with Crippen molar-refractivity contribution < 1.29 is 4.79 Å². The largest absolute Gasteiger partial charge is 0.348 e. The highest BCUT2D eigenvalue weighted by atomic mass is 16.1. The monoisotopic (exact) mass is 352 g/mol. The molecule has 138 valence electrons. The third-order valence-electron chi connectivity index (χ3n) is 4.60. The highest BCUT2D eigenvalue weighted by molar-refractivity contribution is 5.95. The van der Waals surface area contributed by atoms with E-state index >= 15 is 0 Å². The zero-order valence-corrected chi connectivity index (χ0v) is 16.1. The van der Waals surface area contributed by atoms with Crippen LogP contribution >= 0.6 is 0 Å². The first-order chi connectivity index (χ1) is 12.3. The van der Waals surface area contributed by atoms with E-state index in [1.54, 1.807) is 4.68 Å². The molecule has 0 spiro atoms. The van der Waals surface area contributed by atoms with Gasteiger partial charge in [0.2, 0.25) is 0 Å². The molecule has 2 aromatic rings. The van der Waals surface area contributed by atoms with Gasteiger partial charge in [0.15, 0.2) is 0 Å². The van der Waals surface area contributed by atoms with Gasteiger partial charge in [-0.25, -0.2) is 4.68 Å². The lowest BCUT2D eigenvalue weighted by atomic mass is 9.89. The van der Waals surface area contributed by atoms with E-state index in [2.05, 4.69) is 56.5 Å². The summed E-state index contributed by atoms with van der Waals surface area (Å²) in [6.45, 7) is 10.8. The lowest BCUT2D eigenvalue weighted by Crippen LogP contribution is -2.31. The SMILES string of the molecule is Cc1ccc(-n2cc(C(=O)NCC3=CCNCC3)c(C(C)(C)C)n2)cc1. The number of nitrogens with one attached hydrogen (secondary N) is 2. The summed E-state index contributed by atoms with van der Waals surface area (Å²) in [4.78, 5) is 12.8. The van der Waals surface area contributed by atoms with Gasteiger partial charge in [0.25, 0.3) is 5.91 Å². The van der Waals surface area contributed by atoms with Crippen molar-refractivity contribution in [2.24, 2.45) is 0 Å². The number of aromatic nitrogens is 2. The van der Waals surface area contributed by atoms with Gasteiger partial charge >= 0.3 is 0 Å². The van der Waals surface area contributed by atoms with Crippen molar-refractivity contribution in [3.05, 3.63) is 58.9 Å². The van der Waals surface area contributed by atoms with Crippen LogP contribution in [-0.4, -0.2) is 35.3 Å². The summed E-state index contributed by atoms with van der Waals surface area (Å²) in [5.74, 6) is -0.0623. The quantitative estimate of drug-likeness (QED) is 0.831. The standard InChI is InChI=1S/C21H28N4O/c1-15-5-7-17(8-6-15)25-14-18(19(24-25)21(2,3)4)20(26)23-13-16-9-11-22-12-10-16/h5-9,14,22H,10-13H2,1-4H3,(H,23,26). The smallest absolute Gasteiger partial charge is 0.255 e. The minimum absolute atomic E-state index is 0.0623. The maximum atomic E-state index is 12.8. The summed E-state index contributed by atoms with van der Waals surface area (Å²) in [5, 5.41) is 11.1. The zero-order chi connectivity index (χ0) is 18.7. The first-order valence-corrected chi connectivity index (χ1v) is 9.18. The minimum Gasteiger partial charge on any atom is -0.348 e. The van der Waals surface area contributed by atoms with E-state index in [0.717, 1.165) is 30.9 Å². The van der Waals surface area contributed by atoms with Crippen molar-refractivity contribution in [1.29, 1.82) is 0 Å². The fourth-order valence-electron chi connectivity index (χ4n) is 3.04. The normalized spacial score (nSPS) is 14.8. The molecule has 2 N–H and O–H groups in total. The van der Waals surface area contributed by atoms with E-state index in [-0.39, 0.29) is 11.3 Å². The molecule has 5 nitrogen and oxygen atoms in total. The number of carbonyl (C=O) groups is 1. The molecule has 0 fully saturated rings. The number of carbonyl (C=O) groups excluding carboxylic acids is 1. The molecule has 5 heteroatoms. The van der Waals surface area contributed by atoms with Crippen LogP contribution in [0.1, 0.15) is 48.8 Å². The average molecular weight is 352 g/mol. The fraction of sp³-hybridized carbons (Fsp3) is 0.429. The summed E-state index contributed by atoms with van der Waals surface area (Å²) in [6, 6.07) is 8.15. The van der Waals surface area contributed by atoms with Crippen LogP contribution in [-0.2, 0) is 5.41 Å². The molecule has 2 heterocycles. The number of aryl methyl sites for hydroxylation is 1. The number of nitrogens with zero attached hydrogens (tertiary/aromatic N) is 2. The Hall–Kier alpha value is -2.40. The van der Waals surface area contributed by atoms with Gasteiger partial charge in [0.1, 0.15) is 0 Å². The third kappa shape index (κ3) is 4.22. The van der Waals surface area contributed by atoms with Crippen molar-refractivity contribution in [3.8, 4) is 5.69 Å². The second-order valence-electron chi connectivity index (χ2n) is 7.92. The molecule has 0 saturated carbocycles. The Bertz CT molecular complexity index is 810. The van der Waals surface area contributed by atoms with Gasteiger partial charge in [-0.05, 0) is 32.0 Å². The topological polar surface area (TPSA) is 59.0 Å². The summed E-state index contributed by atoms with van der Waals surface area (Å²) in [5.41, 5.74) is 4.69. The number of rotatable bonds is 4. The second kappa shape index (κ2) is 7.46. The van der Waals surface area contributed by atoms with Gasteiger partial charge < -0.3 is 10.6 Å². The molecular weight excluding hydrogens is 324 g/mol. The van der Waals surface area contributed by atoms with E-state index in [0.29, 0.717) is 12.1 Å². The number of hydrogen-bond acceptors (Lipinski definition) is 3. The highest BCUT2D eigenvalue weighted by Crippen LogP contribution is 2.26. The molecule has 0 atom stereocenters. The number of benzene rings is 1. The van der Waals surface area contributed by atoms with Crippen LogP contribution in [0, 0.1) is 6.92 Å². The molecule has 1 aliphatic rings. The van der Waals surface area contributed by atoms with Crippen molar-refractivity contribution in [2.45, 2.75) is 39.5 Å². The molecule has 0 aliphatic carbocycles. The van der Waals surface area contributed by atoms with E-state index in [9.17, 15) is 4.79 Å². The molecule has 1 aromatic heterocycles. The van der Waals surface area contributed by atoms with Gasteiger partial charge in [-0.15, -0.1) is 0 Å². The molecule has 0 unspecified atom stereocenters. The Morgan fingerprint density at radius 2 is 2.00 bits per heavy atom. The van der Waals surface area contributed by atoms with Crippen LogP contribution in [0.15, 0.2) is 42.1 Å². The van der Waals surface area contributed by atoms with Crippen LogP contribution in [0.3, 0.4) is 0 Å². The predicted molar refractivity (Wildman–Crippen MR) is 105 cm³/mol. The molecule has 0 radical (unpaired) electrons. The van der Waals surface area contributed by atoms with Gasteiger partial charge in [0.05, 0.1) is 16.9 Å². The maximum absolute atomic E-state index is 12.8. The van der Waals surface area contributed by atoms with Crippen molar-refractivity contribution in [1.82, 2.24) is 20.4 Å². The summed E-state index contributed by atoms with van der Waals surface area (Å²) in [7, 11) is 0. The third-order valence-corrected chi connectivity index (χ3v) is 4.60. The van der Waals surface area contributed by atoms with Gasteiger partial charge in [-0.3, -0.25) is 4.79 Å². The van der Waals surface area contributed by atoms with Gasteiger partial charge in [-0.1, -0.05) is 50.1 Å². The van der Waals surface area contributed by atoms with Crippen LogP contribution in [0.2, 0.25) is 0 Å². The van der Waals surface area contributed by atoms with Crippen molar-refractivity contribution >= 4 is 5.91 Å². The van der Waals surface area contributed by atoms with Crippen LogP contribution < -0.4 is 10.6 Å². The Kier molecular flexibility index (Phi) is 5.28. The van der Waals surface area contributed by atoms with Crippen molar-refractivity contribution in [2.75, 3.05) is 19.6 Å². The molecule has 26 heavy (non-hydrogen) atoms. The van der Waals surface area contributed by atoms with Crippen LogP contribution in [0.4, 0.5) is 0 Å². The van der Waals surface area contributed by atoms with E-state index < -0.39 is 0 Å². The first kappa shape index (κ1) is 18.4. The summed E-state index contributed by atoms with van der Waals surface area (Å²) >= 11 is 0. The highest BCUT2D eigenvalue weighted by Gasteiger charge is 2.26. The fourth-order valence-corrected chi connectivity index (χ4v) is 3.04. The van der Waals surface area contributed by atoms with Gasteiger partial charge in [-0.2, -0.15) is 5.10 Å². The van der Waals surface area contributed by atoms with Crippen LogP contribution in [0.5, 0.6) is 0 Å². The molecule has 0 saturated heterocycles. The predicted octanol–water partition coefficient (Wildman–Crippen LogP) is 3.13. The molecule has 0 bridgehead atoms.